The Morgan fingerprint density at radius 3 is 2.79 bits per heavy atom. The fraction of sp³-hybridized carbons (Fsp3) is 0.462. The lowest BCUT2D eigenvalue weighted by Gasteiger charge is -2.36. The Morgan fingerprint density at radius 2 is 2.16 bits per heavy atom. The molecular formula is C13H18N4O2. The normalized spacial score (nSPS) is 15.9. The molecule has 1 N–H and O–H groups in total. The summed E-state index contributed by atoms with van der Waals surface area (Å²) >= 11 is 0. The number of amides is 2. The van der Waals surface area contributed by atoms with Crippen LogP contribution in [0.25, 0.3) is 0 Å². The number of pyridine rings is 1. The molecule has 0 unspecified atom stereocenters. The molecule has 2 amide bonds. The van der Waals surface area contributed by atoms with E-state index in [1.54, 1.807) is 11.1 Å². The number of carbonyl (C=O) groups excluding carboxylic acids is 2. The fourth-order valence-corrected chi connectivity index (χ4v) is 2.42. The zero-order valence-electron chi connectivity index (χ0n) is 11.0. The summed E-state index contributed by atoms with van der Waals surface area (Å²) in [7, 11) is 1.99. The molecule has 0 aromatic carbocycles. The van der Waals surface area contributed by atoms with Crippen LogP contribution < -0.4 is 10.2 Å². The molecule has 1 fully saturated rings. The summed E-state index contributed by atoms with van der Waals surface area (Å²) in [6, 6.07) is 4.14. The number of nitrogens with one attached hydrogen (secondary N) is 1. The zero-order valence-corrected chi connectivity index (χ0v) is 11.0. The Hall–Kier alpha value is -2.11. The van der Waals surface area contributed by atoms with Crippen molar-refractivity contribution in [1.82, 2.24) is 9.88 Å². The molecule has 0 saturated carbocycles. The van der Waals surface area contributed by atoms with E-state index in [0.717, 1.165) is 38.0 Å². The predicted octanol–water partition coefficient (Wildman–Crippen LogP) is 0.707. The summed E-state index contributed by atoms with van der Waals surface area (Å²) in [4.78, 5) is 29.4. The standard InChI is InChI=1S/C13H18N4O2/c1-16(11-4-7-17(10-19)8-5-11)12-3-2-6-14-13(12)15-9-18/h2-3,6,9-11H,4-5,7-8H2,1H3,(H,14,15,18). The molecule has 1 aliphatic heterocycles. The first-order valence-corrected chi connectivity index (χ1v) is 6.33. The van der Waals surface area contributed by atoms with Crippen LogP contribution in [0.3, 0.4) is 0 Å². The number of rotatable bonds is 5. The highest BCUT2D eigenvalue weighted by Crippen LogP contribution is 2.26. The minimum Gasteiger partial charge on any atom is -0.368 e. The third kappa shape index (κ3) is 3.01. The fourth-order valence-electron chi connectivity index (χ4n) is 2.42. The van der Waals surface area contributed by atoms with Crippen LogP contribution in [0, 0.1) is 0 Å². The molecule has 2 rings (SSSR count). The van der Waals surface area contributed by atoms with Gasteiger partial charge in [-0.25, -0.2) is 4.98 Å². The van der Waals surface area contributed by atoms with Gasteiger partial charge < -0.3 is 15.1 Å². The molecule has 19 heavy (non-hydrogen) atoms. The number of anilines is 2. The quantitative estimate of drug-likeness (QED) is 0.794. The van der Waals surface area contributed by atoms with E-state index in [1.807, 2.05) is 19.2 Å². The second-order valence-electron chi connectivity index (χ2n) is 4.62. The molecule has 2 heterocycles. The van der Waals surface area contributed by atoms with E-state index < -0.39 is 0 Å². The van der Waals surface area contributed by atoms with Crippen LogP contribution in [0.1, 0.15) is 12.8 Å². The van der Waals surface area contributed by atoms with Gasteiger partial charge in [0.05, 0.1) is 5.69 Å². The van der Waals surface area contributed by atoms with Crippen LogP contribution in [0.2, 0.25) is 0 Å². The van der Waals surface area contributed by atoms with Crippen LogP contribution in [0.4, 0.5) is 11.5 Å². The molecule has 0 aliphatic carbocycles. The minimum absolute atomic E-state index is 0.354. The van der Waals surface area contributed by atoms with Gasteiger partial charge in [-0.2, -0.15) is 0 Å². The first-order chi connectivity index (χ1) is 9.26. The SMILES string of the molecule is CN(c1cccnc1NC=O)C1CCN(C=O)CC1. The smallest absolute Gasteiger partial charge is 0.212 e. The molecule has 0 spiro atoms. The largest absolute Gasteiger partial charge is 0.368 e. The molecule has 1 aromatic heterocycles. The maximum Gasteiger partial charge on any atom is 0.212 e. The summed E-state index contributed by atoms with van der Waals surface area (Å²) in [6.45, 7) is 1.55. The van der Waals surface area contributed by atoms with Gasteiger partial charge in [-0.3, -0.25) is 9.59 Å². The number of hydrogen-bond acceptors (Lipinski definition) is 4. The van der Waals surface area contributed by atoms with Crippen LogP contribution in [0.15, 0.2) is 18.3 Å². The summed E-state index contributed by atoms with van der Waals surface area (Å²) in [5.74, 6) is 0.567. The Labute approximate surface area is 112 Å². The highest BCUT2D eigenvalue weighted by molar-refractivity contribution is 5.78. The van der Waals surface area contributed by atoms with E-state index >= 15 is 0 Å². The molecule has 6 heteroatoms. The lowest BCUT2D eigenvalue weighted by atomic mass is 10.0. The van der Waals surface area contributed by atoms with Crippen molar-refractivity contribution in [3.8, 4) is 0 Å². The van der Waals surface area contributed by atoms with Gasteiger partial charge in [0.25, 0.3) is 0 Å². The number of hydrogen-bond donors (Lipinski definition) is 1. The predicted molar refractivity (Wildman–Crippen MR) is 73.0 cm³/mol. The Kier molecular flexibility index (Phi) is 4.33. The van der Waals surface area contributed by atoms with E-state index in [-0.39, 0.29) is 0 Å². The van der Waals surface area contributed by atoms with Gasteiger partial charge in [0.1, 0.15) is 0 Å². The van der Waals surface area contributed by atoms with Gasteiger partial charge in [-0.05, 0) is 25.0 Å². The molecule has 1 aromatic rings. The first-order valence-electron chi connectivity index (χ1n) is 6.33. The number of carbonyl (C=O) groups is 2. The van der Waals surface area contributed by atoms with Crippen LogP contribution in [-0.2, 0) is 9.59 Å². The highest BCUT2D eigenvalue weighted by atomic mass is 16.1. The van der Waals surface area contributed by atoms with Crippen molar-refractivity contribution >= 4 is 24.3 Å². The van der Waals surface area contributed by atoms with Gasteiger partial charge >= 0.3 is 0 Å². The average Bonchev–Trinajstić information content (AvgIpc) is 2.47. The van der Waals surface area contributed by atoms with Gasteiger partial charge in [-0.1, -0.05) is 0 Å². The van der Waals surface area contributed by atoms with Gasteiger partial charge in [-0.15, -0.1) is 0 Å². The Morgan fingerprint density at radius 1 is 1.42 bits per heavy atom. The molecule has 6 nitrogen and oxygen atoms in total. The van der Waals surface area contributed by atoms with Crippen molar-refractivity contribution in [2.24, 2.45) is 0 Å². The van der Waals surface area contributed by atoms with E-state index in [2.05, 4.69) is 15.2 Å². The maximum atomic E-state index is 10.7. The lowest BCUT2D eigenvalue weighted by molar-refractivity contribution is -0.119. The average molecular weight is 262 g/mol. The number of piperidine rings is 1. The van der Waals surface area contributed by atoms with Crippen molar-refractivity contribution in [2.45, 2.75) is 18.9 Å². The van der Waals surface area contributed by atoms with E-state index in [4.69, 9.17) is 0 Å². The highest BCUT2D eigenvalue weighted by Gasteiger charge is 2.23. The monoisotopic (exact) mass is 262 g/mol. The molecule has 0 bridgehead atoms. The molecular weight excluding hydrogens is 244 g/mol. The van der Waals surface area contributed by atoms with Gasteiger partial charge in [0, 0.05) is 32.4 Å². The van der Waals surface area contributed by atoms with Crippen molar-refractivity contribution in [2.75, 3.05) is 30.4 Å². The molecule has 0 atom stereocenters. The minimum atomic E-state index is 0.354. The molecule has 0 radical (unpaired) electrons. The van der Waals surface area contributed by atoms with E-state index in [0.29, 0.717) is 18.3 Å². The van der Waals surface area contributed by atoms with E-state index in [1.165, 1.54) is 0 Å². The van der Waals surface area contributed by atoms with Crippen LogP contribution in [-0.4, -0.2) is 48.9 Å². The third-order valence-corrected chi connectivity index (χ3v) is 3.56. The summed E-state index contributed by atoms with van der Waals surface area (Å²) in [5, 5.41) is 2.62. The summed E-state index contributed by atoms with van der Waals surface area (Å²) < 4.78 is 0. The Balaban J connectivity index is 2.09. The molecule has 102 valence electrons. The van der Waals surface area contributed by atoms with Crippen LogP contribution in [0.5, 0.6) is 0 Å². The van der Waals surface area contributed by atoms with Gasteiger partial charge in [0.2, 0.25) is 12.8 Å². The lowest BCUT2D eigenvalue weighted by Crippen LogP contribution is -2.43. The maximum absolute atomic E-state index is 10.7. The van der Waals surface area contributed by atoms with Crippen molar-refractivity contribution in [1.29, 1.82) is 0 Å². The molecule has 1 saturated heterocycles. The van der Waals surface area contributed by atoms with Crippen molar-refractivity contribution in [3.63, 3.8) is 0 Å². The molecule has 1 aliphatic rings. The number of likely N-dealkylation sites (tertiary alicyclic amines) is 1. The third-order valence-electron chi connectivity index (χ3n) is 3.56. The zero-order chi connectivity index (χ0) is 13.7. The topological polar surface area (TPSA) is 65.5 Å². The second kappa shape index (κ2) is 6.17. The van der Waals surface area contributed by atoms with E-state index in [9.17, 15) is 9.59 Å². The summed E-state index contributed by atoms with van der Waals surface area (Å²) in [5.41, 5.74) is 0.902. The first kappa shape index (κ1) is 13.3. The Bertz CT molecular complexity index is 444. The number of aromatic nitrogens is 1. The van der Waals surface area contributed by atoms with Gasteiger partial charge in [0.15, 0.2) is 5.82 Å². The van der Waals surface area contributed by atoms with Crippen LogP contribution >= 0.6 is 0 Å². The second-order valence-corrected chi connectivity index (χ2v) is 4.62. The number of nitrogens with zero attached hydrogens (tertiary/aromatic N) is 3. The van der Waals surface area contributed by atoms with Crippen molar-refractivity contribution in [3.05, 3.63) is 18.3 Å². The summed E-state index contributed by atoms with van der Waals surface area (Å²) in [6.07, 6.45) is 5.03. The van der Waals surface area contributed by atoms with Crippen molar-refractivity contribution < 1.29 is 9.59 Å².